The van der Waals surface area contributed by atoms with Gasteiger partial charge in [0.2, 0.25) is 5.76 Å². The number of hydrogen-bond acceptors (Lipinski definition) is 3. The molecule has 0 bridgehead atoms. The van der Waals surface area contributed by atoms with Crippen molar-refractivity contribution >= 4 is 23.5 Å². The summed E-state index contributed by atoms with van der Waals surface area (Å²) in [6.07, 6.45) is 0.483. The number of ether oxygens (including phenoxy) is 1. The largest absolute Gasteiger partial charge is 0.478 e. The highest BCUT2D eigenvalue weighted by atomic mass is 35.5. The molecule has 6 heteroatoms. The summed E-state index contributed by atoms with van der Waals surface area (Å²) in [5.41, 5.74) is 0.607. The summed E-state index contributed by atoms with van der Waals surface area (Å²) < 4.78 is 4.99. The van der Waals surface area contributed by atoms with Crippen molar-refractivity contribution in [1.82, 2.24) is 0 Å². The lowest BCUT2D eigenvalue weighted by Gasteiger charge is -2.08. The predicted molar refractivity (Wildman–Crippen MR) is 60.2 cm³/mol. The SMILES string of the molecule is Cc1cc(Cl)ccc1O/C(=C/C(=O)O)C(=O)O. The van der Waals surface area contributed by atoms with Gasteiger partial charge in [-0.3, -0.25) is 0 Å². The van der Waals surface area contributed by atoms with Crippen LogP contribution < -0.4 is 4.74 Å². The van der Waals surface area contributed by atoms with Crippen LogP contribution in [-0.2, 0) is 9.59 Å². The van der Waals surface area contributed by atoms with E-state index in [1.165, 1.54) is 12.1 Å². The Morgan fingerprint density at radius 2 is 2.00 bits per heavy atom. The van der Waals surface area contributed by atoms with Gasteiger partial charge in [-0.2, -0.15) is 0 Å². The van der Waals surface area contributed by atoms with Crippen molar-refractivity contribution in [2.24, 2.45) is 0 Å². The molecular formula is C11H9ClO5. The van der Waals surface area contributed by atoms with E-state index in [0.29, 0.717) is 16.7 Å². The number of aryl methyl sites for hydroxylation is 1. The van der Waals surface area contributed by atoms with Crippen LogP contribution in [0.15, 0.2) is 30.0 Å². The van der Waals surface area contributed by atoms with E-state index in [4.69, 9.17) is 26.6 Å². The van der Waals surface area contributed by atoms with Crippen LogP contribution in [0, 0.1) is 6.92 Å². The van der Waals surface area contributed by atoms with Gasteiger partial charge in [0.1, 0.15) is 5.75 Å². The van der Waals surface area contributed by atoms with Crippen molar-refractivity contribution in [3.63, 3.8) is 0 Å². The molecule has 0 saturated heterocycles. The van der Waals surface area contributed by atoms with E-state index >= 15 is 0 Å². The fraction of sp³-hybridized carbons (Fsp3) is 0.0909. The topological polar surface area (TPSA) is 83.8 Å². The Labute approximate surface area is 102 Å². The third kappa shape index (κ3) is 3.81. The number of rotatable bonds is 4. The monoisotopic (exact) mass is 256 g/mol. The Bertz CT molecular complexity index is 493. The lowest BCUT2D eigenvalue weighted by molar-refractivity contribution is -0.137. The minimum absolute atomic E-state index is 0.240. The van der Waals surface area contributed by atoms with E-state index in [-0.39, 0.29) is 5.75 Å². The van der Waals surface area contributed by atoms with E-state index in [1.807, 2.05) is 0 Å². The van der Waals surface area contributed by atoms with E-state index in [9.17, 15) is 9.59 Å². The standard InChI is InChI=1S/C11H9ClO5/c1-6-4-7(12)2-3-8(6)17-9(11(15)16)5-10(13)14/h2-5H,1H3,(H,13,14)(H,15,16)/b9-5+. The molecular weight excluding hydrogens is 248 g/mol. The number of benzene rings is 1. The molecule has 0 aliphatic rings. The smallest absolute Gasteiger partial charge is 0.372 e. The molecule has 0 radical (unpaired) electrons. The first-order valence-electron chi connectivity index (χ1n) is 4.52. The van der Waals surface area contributed by atoms with Crippen LogP contribution in [0.2, 0.25) is 5.02 Å². The molecule has 0 aliphatic carbocycles. The van der Waals surface area contributed by atoms with Crippen LogP contribution in [0.25, 0.3) is 0 Å². The molecule has 0 fully saturated rings. The summed E-state index contributed by atoms with van der Waals surface area (Å²) >= 11 is 5.72. The van der Waals surface area contributed by atoms with E-state index in [2.05, 4.69) is 0 Å². The molecule has 0 atom stereocenters. The number of carboxylic acids is 2. The van der Waals surface area contributed by atoms with Gasteiger partial charge in [-0.25, -0.2) is 9.59 Å². The maximum atomic E-state index is 10.7. The first-order valence-corrected chi connectivity index (χ1v) is 4.90. The summed E-state index contributed by atoms with van der Waals surface area (Å²) in [6, 6.07) is 4.57. The van der Waals surface area contributed by atoms with Gasteiger partial charge in [-0.05, 0) is 30.7 Å². The number of hydrogen-bond donors (Lipinski definition) is 2. The van der Waals surface area contributed by atoms with Crippen LogP contribution in [0.4, 0.5) is 0 Å². The van der Waals surface area contributed by atoms with E-state index in [1.54, 1.807) is 13.0 Å². The van der Waals surface area contributed by atoms with Crippen molar-refractivity contribution < 1.29 is 24.5 Å². The van der Waals surface area contributed by atoms with Crippen molar-refractivity contribution in [2.75, 3.05) is 0 Å². The van der Waals surface area contributed by atoms with Gasteiger partial charge < -0.3 is 14.9 Å². The highest BCUT2D eigenvalue weighted by molar-refractivity contribution is 6.30. The van der Waals surface area contributed by atoms with Crippen LogP contribution in [0.3, 0.4) is 0 Å². The molecule has 0 saturated carbocycles. The summed E-state index contributed by atoms with van der Waals surface area (Å²) in [5.74, 6) is -3.28. The summed E-state index contributed by atoms with van der Waals surface area (Å²) in [5, 5.41) is 17.7. The quantitative estimate of drug-likeness (QED) is 0.636. The molecule has 0 unspecified atom stereocenters. The van der Waals surface area contributed by atoms with Gasteiger partial charge in [-0.1, -0.05) is 11.6 Å². The van der Waals surface area contributed by atoms with Crippen LogP contribution in [-0.4, -0.2) is 22.2 Å². The van der Waals surface area contributed by atoms with Crippen molar-refractivity contribution in [3.05, 3.63) is 40.6 Å². The molecule has 5 nitrogen and oxygen atoms in total. The highest BCUT2D eigenvalue weighted by Crippen LogP contribution is 2.23. The highest BCUT2D eigenvalue weighted by Gasteiger charge is 2.13. The number of carbonyl (C=O) groups is 2. The molecule has 0 amide bonds. The molecule has 0 spiro atoms. The maximum Gasteiger partial charge on any atom is 0.372 e. The zero-order valence-electron chi connectivity index (χ0n) is 8.81. The number of aliphatic carboxylic acids is 2. The van der Waals surface area contributed by atoms with Gasteiger partial charge >= 0.3 is 11.9 Å². The van der Waals surface area contributed by atoms with Crippen LogP contribution >= 0.6 is 11.6 Å². The summed E-state index contributed by atoms with van der Waals surface area (Å²) in [4.78, 5) is 21.1. The average Bonchev–Trinajstić information content (AvgIpc) is 2.19. The zero-order valence-corrected chi connectivity index (χ0v) is 9.56. The molecule has 2 N–H and O–H groups in total. The minimum Gasteiger partial charge on any atom is -0.478 e. The molecule has 1 aromatic rings. The summed E-state index contributed by atoms with van der Waals surface area (Å²) in [6.45, 7) is 1.67. The fourth-order valence-electron chi connectivity index (χ4n) is 1.09. The van der Waals surface area contributed by atoms with Crippen molar-refractivity contribution in [3.8, 4) is 5.75 Å². The predicted octanol–water partition coefficient (Wildman–Crippen LogP) is 2.08. The molecule has 0 aliphatic heterocycles. The molecule has 1 aromatic carbocycles. The Morgan fingerprint density at radius 3 is 2.47 bits per heavy atom. The molecule has 17 heavy (non-hydrogen) atoms. The normalized spacial score (nSPS) is 11.1. The van der Waals surface area contributed by atoms with E-state index < -0.39 is 17.7 Å². The third-order valence-electron chi connectivity index (χ3n) is 1.82. The Balaban J connectivity index is 3.02. The molecule has 1 rings (SSSR count). The van der Waals surface area contributed by atoms with Crippen LogP contribution in [0.1, 0.15) is 5.56 Å². The first kappa shape index (κ1) is 13.1. The van der Waals surface area contributed by atoms with Gasteiger partial charge in [0, 0.05) is 5.02 Å². The van der Waals surface area contributed by atoms with Crippen molar-refractivity contribution in [2.45, 2.75) is 6.92 Å². The first-order chi connectivity index (χ1) is 7.90. The van der Waals surface area contributed by atoms with Crippen LogP contribution in [0.5, 0.6) is 5.75 Å². The lowest BCUT2D eigenvalue weighted by Crippen LogP contribution is -2.10. The van der Waals surface area contributed by atoms with E-state index in [0.717, 1.165) is 0 Å². The number of carboxylic acid groups (broad SMARTS) is 2. The Hall–Kier alpha value is -2.01. The molecule has 0 heterocycles. The fourth-order valence-corrected chi connectivity index (χ4v) is 1.32. The molecule has 0 aromatic heterocycles. The Kier molecular flexibility index (Phi) is 4.12. The van der Waals surface area contributed by atoms with Crippen molar-refractivity contribution in [1.29, 1.82) is 0 Å². The minimum atomic E-state index is -1.46. The zero-order chi connectivity index (χ0) is 13.0. The lowest BCUT2D eigenvalue weighted by atomic mass is 10.2. The Morgan fingerprint density at radius 1 is 1.35 bits per heavy atom. The summed E-state index contributed by atoms with van der Waals surface area (Å²) in [7, 11) is 0. The second-order valence-corrected chi connectivity index (χ2v) is 3.60. The van der Waals surface area contributed by atoms with Gasteiger partial charge in [0.25, 0.3) is 0 Å². The molecule has 90 valence electrons. The van der Waals surface area contributed by atoms with Gasteiger partial charge in [0.05, 0.1) is 6.08 Å². The second-order valence-electron chi connectivity index (χ2n) is 3.16. The average molecular weight is 257 g/mol. The van der Waals surface area contributed by atoms with Gasteiger partial charge in [-0.15, -0.1) is 0 Å². The number of halogens is 1. The second kappa shape index (κ2) is 5.36. The maximum absolute atomic E-state index is 10.7. The van der Waals surface area contributed by atoms with Gasteiger partial charge in [0.15, 0.2) is 0 Å². The third-order valence-corrected chi connectivity index (χ3v) is 2.06.